The zero-order valence-corrected chi connectivity index (χ0v) is 16.5. The summed E-state index contributed by atoms with van der Waals surface area (Å²) in [5.41, 5.74) is 1.66. The number of hydrogen-bond acceptors (Lipinski definition) is 4. The summed E-state index contributed by atoms with van der Waals surface area (Å²) < 4.78 is 6.03. The summed E-state index contributed by atoms with van der Waals surface area (Å²) in [7, 11) is 4.05. The van der Waals surface area contributed by atoms with Crippen molar-refractivity contribution in [2.24, 2.45) is 0 Å². The highest BCUT2D eigenvalue weighted by Crippen LogP contribution is 2.32. The van der Waals surface area contributed by atoms with Crippen molar-refractivity contribution in [2.75, 3.05) is 20.6 Å². The largest absolute Gasteiger partial charge is 0.450 e. The quantitative estimate of drug-likeness (QED) is 0.532. The number of nitrogens with one attached hydrogen (secondary N) is 1. The fourth-order valence-electron chi connectivity index (χ4n) is 3.45. The van der Waals surface area contributed by atoms with Crippen molar-refractivity contribution >= 4 is 39.0 Å². The first kappa shape index (κ1) is 17.8. The second-order valence-corrected chi connectivity index (χ2v) is 7.90. The Kier molecular flexibility index (Phi) is 4.72. The number of carbonyl (C=O) groups excluding carboxylic acids is 1. The molecule has 0 spiro atoms. The van der Waals surface area contributed by atoms with Crippen LogP contribution in [0, 0.1) is 6.92 Å². The van der Waals surface area contributed by atoms with Crippen LogP contribution in [0.1, 0.15) is 27.0 Å². The molecule has 1 atom stereocenters. The van der Waals surface area contributed by atoms with E-state index in [0.717, 1.165) is 27.3 Å². The van der Waals surface area contributed by atoms with Gasteiger partial charge in [-0.05, 0) is 37.9 Å². The minimum Gasteiger partial charge on any atom is -0.450 e. The Morgan fingerprint density at radius 2 is 1.93 bits per heavy atom. The van der Waals surface area contributed by atoms with E-state index in [4.69, 9.17) is 4.42 Å². The number of aryl methyl sites for hydroxylation is 1. The molecule has 0 fully saturated rings. The van der Waals surface area contributed by atoms with Crippen LogP contribution in [-0.2, 0) is 0 Å². The number of thiophene rings is 1. The first-order valence-corrected chi connectivity index (χ1v) is 9.83. The van der Waals surface area contributed by atoms with Gasteiger partial charge < -0.3 is 14.6 Å². The first-order chi connectivity index (χ1) is 13.1. The van der Waals surface area contributed by atoms with Crippen LogP contribution in [0.25, 0.3) is 21.7 Å². The van der Waals surface area contributed by atoms with E-state index in [-0.39, 0.29) is 11.9 Å². The number of fused-ring (bicyclic) bond motifs is 3. The van der Waals surface area contributed by atoms with Crippen molar-refractivity contribution in [3.05, 3.63) is 70.1 Å². The summed E-state index contributed by atoms with van der Waals surface area (Å²) in [6.45, 7) is 2.47. The van der Waals surface area contributed by atoms with Crippen molar-refractivity contribution in [1.82, 2.24) is 10.2 Å². The van der Waals surface area contributed by atoms with Crippen LogP contribution in [0.2, 0.25) is 0 Å². The van der Waals surface area contributed by atoms with Gasteiger partial charge in [0, 0.05) is 27.8 Å². The molecule has 2 aromatic carbocycles. The molecule has 0 saturated carbocycles. The third-order valence-electron chi connectivity index (χ3n) is 4.99. The van der Waals surface area contributed by atoms with Crippen LogP contribution in [-0.4, -0.2) is 31.4 Å². The molecule has 0 bridgehead atoms. The van der Waals surface area contributed by atoms with Gasteiger partial charge in [-0.3, -0.25) is 4.79 Å². The van der Waals surface area contributed by atoms with Crippen LogP contribution >= 0.6 is 11.3 Å². The maximum absolute atomic E-state index is 12.8. The molecule has 27 heavy (non-hydrogen) atoms. The minimum absolute atomic E-state index is 0.138. The van der Waals surface area contributed by atoms with Crippen molar-refractivity contribution in [1.29, 1.82) is 0 Å². The summed E-state index contributed by atoms with van der Waals surface area (Å²) in [5, 5.41) is 8.23. The Hall–Kier alpha value is -2.63. The normalized spacial score (nSPS) is 12.7. The Morgan fingerprint density at radius 1 is 1.11 bits per heavy atom. The summed E-state index contributed by atoms with van der Waals surface area (Å²) in [4.78, 5) is 16.2. The van der Waals surface area contributed by atoms with Gasteiger partial charge >= 0.3 is 0 Å². The fraction of sp³-hybridized carbons (Fsp3) is 0.227. The Balaban J connectivity index is 1.63. The molecule has 5 heteroatoms. The number of amides is 1. The molecule has 0 unspecified atom stereocenters. The summed E-state index contributed by atoms with van der Waals surface area (Å²) in [6, 6.07) is 16.4. The molecule has 0 saturated heterocycles. The van der Waals surface area contributed by atoms with Crippen LogP contribution < -0.4 is 5.32 Å². The Morgan fingerprint density at radius 3 is 2.67 bits per heavy atom. The number of benzene rings is 2. The number of carbonyl (C=O) groups is 1. The lowest BCUT2D eigenvalue weighted by Gasteiger charge is -2.23. The van der Waals surface area contributed by atoms with E-state index in [1.807, 2.05) is 51.4 Å². The third kappa shape index (κ3) is 3.24. The Bertz CT molecular complexity index is 1100. The standard InChI is InChI=1S/C22H22N2O2S/c1-14-16-11-10-15-7-4-5-8-17(15)21(16)26-20(14)22(25)23-13-18(24(2)3)19-9-6-12-27-19/h4-12,18H,13H2,1-3H3,(H,23,25)/t18-/m0/s1. The molecule has 0 aliphatic carbocycles. The predicted octanol–water partition coefficient (Wildman–Crippen LogP) is 4.99. The minimum atomic E-state index is -0.170. The van der Waals surface area contributed by atoms with Gasteiger partial charge in [-0.1, -0.05) is 42.5 Å². The van der Waals surface area contributed by atoms with Crippen LogP contribution in [0.15, 0.2) is 58.3 Å². The van der Waals surface area contributed by atoms with E-state index in [1.165, 1.54) is 4.88 Å². The molecule has 4 aromatic rings. The molecule has 2 heterocycles. The van der Waals surface area contributed by atoms with Gasteiger partial charge in [-0.15, -0.1) is 11.3 Å². The van der Waals surface area contributed by atoms with Crippen LogP contribution in [0.3, 0.4) is 0 Å². The molecule has 0 radical (unpaired) electrons. The monoisotopic (exact) mass is 378 g/mol. The number of likely N-dealkylation sites (N-methyl/N-ethyl adjacent to an activating group) is 1. The summed E-state index contributed by atoms with van der Waals surface area (Å²) >= 11 is 1.70. The molecular weight excluding hydrogens is 356 g/mol. The SMILES string of the molecule is Cc1c(C(=O)NC[C@@H](c2cccs2)N(C)C)oc2c1ccc1ccccc12. The van der Waals surface area contributed by atoms with Crippen molar-refractivity contribution in [3.8, 4) is 0 Å². The second-order valence-electron chi connectivity index (χ2n) is 6.92. The number of furan rings is 1. The highest BCUT2D eigenvalue weighted by molar-refractivity contribution is 7.10. The topological polar surface area (TPSA) is 45.5 Å². The number of nitrogens with zero attached hydrogens (tertiary/aromatic N) is 1. The third-order valence-corrected chi connectivity index (χ3v) is 5.96. The molecule has 0 aliphatic rings. The predicted molar refractivity (Wildman–Crippen MR) is 112 cm³/mol. The summed E-state index contributed by atoms with van der Waals surface area (Å²) in [5.74, 6) is 0.223. The zero-order chi connectivity index (χ0) is 19.0. The van der Waals surface area contributed by atoms with E-state index >= 15 is 0 Å². The average molecular weight is 378 g/mol. The van der Waals surface area contributed by atoms with Crippen LogP contribution in [0.4, 0.5) is 0 Å². The van der Waals surface area contributed by atoms with E-state index in [0.29, 0.717) is 12.3 Å². The van der Waals surface area contributed by atoms with Gasteiger partial charge in [0.15, 0.2) is 5.76 Å². The van der Waals surface area contributed by atoms with E-state index in [2.05, 4.69) is 33.8 Å². The van der Waals surface area contributed by atoms with Gasteiger partial charge in [-0.2, -0.15) is 0 Å². The lowest BCUT2D eigenvalue weighted by molar-refractivity contribution is 0.0916. The zero-order valence-electron chi connectivity index (χ0n) is 15.7. The van der Waals surface area contributed by atoms with E-state index in [1.54, 1.807) is 11.3 Å². The summed E-state index contributed by atoms with van der Waals surface area (Å²) in [6.07, 6.45) is 0. The fourth-order valence-corrected chi connectivity index (χ4v) is 4.38. The number of hydrogen-bond donors (Lipinski definition) is 1. The first-order valence-electron chi connectivity index (χ1n) is 8.95. The highest BCUT2D eigenvalue weighted by atomic mass is 32.1. The molecule has 1 amide bonds. The Labute approximate surface area is 162 Å². The lowest BCUT2D eigenvalue weighted by Crippen LogP contribution is -2.34. The molecule has 2 aromatic heterocycles. The smallest absolute Gasteiger partial charge is 0.287 e. The van der Waals surface area contributed by atoms with Crippen LogP contribution in [0.5, 0.6) is 0 Å². The van der Waals surface area contributed by atoms with E-state index < -0.39 is 0 Å². The van der Waals surface area contributed by atoms with Gasteiger partial charge in [0.05, 0.1) is 6.04 Å². The van der Waals surface area contributed by atoms with Crippen molar-refractivity contribution in [2.45, 2.75) is 13.0 Å². The molecule has 0 aliphatic heterocycles. The van der Waals surface area contributed by atoms with E-state index in [9.17, 15) is 4.79 Å². The molecule has 4 nitrogen and oxygen atoms in total. The van der Waals surface area contributed by atoms with Gasteiger partial charge in [0.25, 0.3) is 5.91 Å². The average Bonchev–Trinajstić information content (AvgIpc) is 3.30. The molecule has 138 valence electrons. The van der Waals surface area contributed by atoms with Gasteiger partial charge in [-0.25, -0.2) is 0 Å². The maximum atomic E-state index is 12.8. The maximum Gasteiger partial charge on any atom is 0.287 e. The second kappa shape index (κ2) is 7.18. The highest BCUT2D eigenvalue weighted by Gasteiger charge is 2.21. The number of rotatable bonds is 5. The molecular formula is C22H22N2O2S. The van der Waals surface area contributed by atoms with Gasteiger partial charge in [0.1, 0.15) is 5.58 Å². The lowest BCUT2D eigenvalue weighted by atomic mass is 10.1. The molecule has 1 N–H and O–H groups in total. The van der Waals surface area contributed by atoms with Gasteiger partial charge in [0.2, 0.25) is 0 Å². The van der Waals surface area contributed by atoms with Crippen molar-refractivity contribution in [3.63, 3.8) is 0 Å². The molecule has 4 rings (SSSR count). The van der Waals surface area contributed by atoms with Crippen molar-refractivity contribution < 1.29 is 9.21 Å².